The van der Waals surface area contributed by atoms with E-state index in [0.717, 1.165) is 31.5 Å². The highest BCUT2D eigenvalue weighted by atomic mass is 16.5. The minimum Gasteiger partial charge on any atom is -0.377 e. The van der Waals surface area contributed by atoms with E-state index in [2.05, 4.69) is 24.1 Å². The standard InChI is InChI=1S/C14H28N2O/c1-12-5-7-16(11-13(12)2)8-6-15-10-14-4-3-9-17-14/h12-15H,3-11H2,1-2H3. The summed E-state index contributed by atoms with van der Waals surface area (Å²) in [5, 5.41) is 3.53. The highest BCUT2D eigenvalue weighted by molar-refractivity contribution is 4.76. The Balaban J connectivity index is 1.53. The second-order valence-electron chi connectivity index (χ2n) is 5.88. The fraction of sp³-hybridized carbons (Fsp3) is 1.00. The fourth-order valence-electron chi connectivity index (χ4n) is 2.86. The van der Waals surface area contributed by atoms with Crippen LogP contribution in [0.2, 0.25) is 0 Å². The van der Waals surface area contributed by atoms with Crippen molar-refractivity contribution in [2.45, 2.75) is 39.2 Å². The van der Waals surface area contributed by atoms with Gasteiger partial charge in [-0.05, 0) is 37.6 Å². The molecule has 3 nitrogen and oxygen atoms in total. The molecule has 0 radical (unpaired) electrons. The maximum absolute atomic E-state index is 5.60. The second kappa shape index (κ2) is 6.72. The van der Waals surface area contributed by atoms with Crippen molar-refractivity contribution in [3.8, 4) is 0 Å². The normalized spacial score (nSPS) is 35.3. The first-order valence-electron chi connectivity index (χ1n) is 7.30. The highest BCUT2D eigenvalue weighted by Gasteiger charge is 2.22. The van der Waals surface area contributed by atoms with Gasteiger partial charge in [0.15, 0.2) is 0 Å². The van der Waals surface area contributed by atoms with Crippen LogP contribution in [0.4, 0.5) is 0 Å². The van der Waals surface area contributed by atoms with Crippen molar-refractivity contribution in [2.24, 2.45) is 11.8 Å². The summed E-state index contributed by atoms with van der Waals surface area (Å²) in [6.07, 6.45) is 4.33. The van der Waals surface area contributed by atoms with Gasteiger partial charge in [0.2, 0.25) is 0 Å². The third kappa shape index (κ3) is 4.23. The van der Waals surface area contributed by atoms with E-state index in [1.165, 1.54) is 38.9 Å². The molecule has 3 atom stereocenters. The van der Waals surface area contributed by atoms with Crippen LogP contribution in [0.1, 0.15) is 33.1 Å². The molecule has 2 saturated heterocycles. The van der Waals surface area contributed by atoms with E-state index in [0.29, 0.717) is 6.10 Å². The van der Waals surface area contributed by atoms with Crippen LogP contribution in [0.15, 0.2) is 0 Å². The molecule has 0 aromatic carbocycles. The van der Waals surface area contributed by atoms with Gasteiger partial charge in [0.25, 0.3) is 0 Å². The predicted octanol–water partition coefficient (Wildman–Crippen LogP) is 1.73. The van der Waals surface area contributed by atoms with Gasteiger partial charge in [0.1, 0.15) is 0 Å². The molecule has 2 aliphatic heterocycles. The lowest BCUT2D eigenvalue weighted by Gasteiger charge is -2.35. The number of hydrogen-bond donors (Lipinski definition) is 1. The maximum Gasteiger partial charge on any atom is 0.0700 e. The molecule has 0 aromatic heterocycles. The van der Waals surface area contributed by atoms with E-state index >= 15 is 0 Å². The van der Waals surface area contributed by atoms with Gasteiger partial charge in [-0.15, -0.1) is 0 Å². The van der Waals surface area contributed by atoms with Gasteiger partial charge in [0.05, 0.1) is 6.10 Å². The second-order valence-corrected chi connectivity index (χ2v) is 5.88. The Bertz CT molecular complexity index is 216. The van der Waals surface area contributed by atoms with E-state index in [1.807, 2.05) is 0 Å². The molecule has 0 spiro atoms. The molecule has 0 saturated carbocycles. The third-order valence-electron chi connectivity index (χ3n) is 4.42. The van der Waals surface area contributed by atoms with Gasteiger partial charge in [-0.1, -0.05) is 13.8 Å². The molecule has 0 amide bonds. The van der Waals surface area contributed by atoms with Crippen molar-refractivity contribution < 1.29 is 4.74 Å². The first-order chi connectivity index (χ1) is 8.25. The summed E-state index contributed by atoms with van der Waals surface area (Å²) in [5.74, 6) is 1.77. The number of likely N-dealkylation sites (tertiary alicyclic amines) is 1. The molecule has 2 rings (SSSR count). The zero-order chi connectivity index (χ0) is 12.1. The summed E-state index contributed by atoms with van der Waals surface area (Å²) in [5.41, 5.74) is 0. The van der Waals surface area contributed by atoms with Gasteiger partial charge in [-0.3, -0.25) is 0 Å². The van der Waals surface area contributed by atoms with Gasteiger partial charge in [0, 0.05) is 32.8 Å². The van der Waals surface area contributed by atoms with Crippen molar-refractivity contribution in [3.05, 3.63) is 0 Å². The molecule has 17 heavy (non-hydrogen) atoms. The first-order valence-corrected chi connectivity index (χ1v) is 7.30. The Hall–Kier alpha value is -0.120. The number of nitrogens with one attached hydrogen (secondary N) is 1. The van der Waals surface area contributed by atoms with Crippen molar-refractivity contribution in [3.63, 3.8) is 0 Å². The number of hydrogen-bond acceptors (Lipinski definition) is 3. The lowest BCUT2D eigenvalue weighted by Crippen LogP contribution is -2.42. The summed E-state index contributed by atoms with van der Waals surface area (Å²) >= 11 is 0. The quantitative estimate of drug-likeness (QED) is 0.741. The molecule has 3 unspecified atom stereocenters. The van der Waals surface area contributed by atoms with E-state index in [4.69, 9.17) is 4.74 Å². The Labute approximate surface area is 106 Å². The van der Waals surface area contributed by atoms with Gasteiger partial charge < -0.3 is 15.0 Å². The zero-order valence-corrected chi connectivity index (χ0v) is 11.5. The summed E-state index contributed by atoms with van der Waals surface area (Å²) in [4.78, 5) is 2.60. The topological polar surface area (TPSA) is 24.5 Å². The largest absolute Gasteiger partial charge is 0.377 e. The molecule has 100 valence electrons. The molecule has 2 aliphatic rings. The average Bonchev–Trinajstić information content (AvgIpc) is 2.82. The van der Waals surface area contributed by atoms with E-state index in [9.17, 15) is 0 Å². The highest BCUT2D eigenvalue weighted by Crippen LogP contribution is 2.21. The van der Waals surface area contributed by atoms with Crippen LogP contribution in [0.3, 0.4) is 0 Å². The molecular weight excluding hydrogens is 212 g/mol. The minimum absolute atomic E-state index is 0.482. The van der Waals surface area contributed by atoms with Crippen LogP contribution in [0.25, 0.3) is 0 Å². The Morgan fingerprint density at radius 3 is 2.82 bits per heavy atom. The van der Waals surface area contributed by atoms with Crippen LogP contribution >= 0.6 is 0 Å². The summed E-state index contributed by atoms with van der Waals surface area (Å²) in [6, 6.07) is 0. The Morgan fingerprint density at radius 2 is 2.12 bits per heavy atom. The first kappa shape index (κ1) is 13.3. The Morgan fingerprint density at radius 1 is 1.24 bits per heavy atom. The fourth-order valence-corrected chi connectivity index (χ4v) is 2.86. The Kier molecular flexibility index (Phi) is 5.26. The van der Waals surface area contributed by atoms with Crippen LogP contribution in [0, 0.1) is 11.8 Å². The van der Waals surface area contributed by atoms with E-state index in [1.54, 1.807) is 0 Å². The van der Waals surface area contributed by atoms with Crippen molar-refractivity contribution in [1.82, 2.24) is 10.2 Å². The van der Waals surface area contributed by atoms with E-state index < -0.39 is 0 Å². The lowest BCUT2D eigenvalue weighted by atomic mass is 9.89. The molecular formula is C14H28N2O. The van der Waals surface area contributed by atoms with Crippen molar-refractivity contribution in [2.75, 3.05) is 39.3 Å². The van der Waals surface area contributed by atoms with Gasteiger partial charge in [-0.2, -0.15) is 0 Å². The summed E-state index contributed by atoms with van der Waals surface area (Å²) in [6.45, 7) is 11.7. The number of nitrogens with zero attached hydrogens (tertiary/aromatic N) is 1. The molecule has 3 heteroatoms. The maximum atomic E-state index is 5.60. The number of rotatable bonds is 5. The molecule has 1 N–H and O–H groups in total. The van der Waals surface area contributed by atoms with Crippen LogP contribution in [0.5, 0.6) is 0 Å². The van der Waals surface area contributed by atoms with Crippen LogP contribution in [-0.2, 0) is 4.74 Å². The number of ether oxygens (including phenoxy) is 1. The smallest absolute Gasteiger partial charge is 0.0700 e. The SMILES string of the molecule is CC1CCN(CCNCC2CCCO2)CC1C. The monoisotopic (exact) mass is 240 g/mol. The van der Waals surface area contributed by atoms with Crippen LogP contribution < -0.4 is 5.32 Å². The number of piperidine rings is 1. The summed E-state index contributed by atoms with van der Waals surface area (Å²) < 4.78 is 5.60. The summed E-state index contributed by atoms with van der Waals surface area (Å²) in [7, 11) is 0. The molecule has 0 aromatic rings. The predicted molar refractivity (Wildman–Crippen MR) is 71.2 cm³/mol. The van der Waals surface area contributed by atoms with Crippen LogP contribution in [-0.4, -0.2) is 50.3 Å². The lowest BCUT2D eigenvalue weighted by molar-refractivity contribution is 0.106. The zero-order valence-electron chi connectivity index (χ0n) is 11.5. The van der Waals surface area contributed by atoms with Gasteiger partial charge in [-0.25, -0.2) is 0 Å². The molecule has 2 fully saturated rings. The average molecular weight is 240 g/mol. The molecule has 0 aliphatic carbocycles. The molecule has 2 heterocycles. The van der Waals surface area contributed by atoms with Gasteiger partial charge >= 0.3 is 0 Å². The van der Waals surface area contributed by atoms with E-state index in [-0.39, 0.29) is 0 Å². The third-order valence-corrected chi connectivity index (χ3v) is 4.42. The molecule has 0 bridgehead atoms. The van der Waals surface area contributed by atoms with Crippen molar-refractivity contribution >= 4 is 0 Å². The minimum atomic E-state index is 0.482. The van der Waals surface area contributed by atoms with Crippen molar-refractivity contribution in [1.29, 1.82) is 0 Å².